The smallest absolute Gasteiger partial charge is 0.222 e. The third kappa shape index (κ3) is 1.44. The Morgan fingerprint density at radius 3 is 2.00 bits per heavy atom. The zero-order valence-electron chi connectivity index (χ0n) is 8.63. The van der Waals surface area contributed by atoms with E-state index in [9.17, 15) is 10.0 Å². The Hall–Kier alpha value is -0.610. The molecule has 0 aromatic heterocycles. The highest BCUT2D eigenvalue weighted by Crippen LogP contribution is 2.43. The maximum absolute atomic E-state index is 11.8. The second-order valence-corrected chi connectivity index (χ2v) is 4.92. The molecule has 1 saturated heterocycles. The van der Waals surface area contributed by atoms with Crippen LogP contribution in [0.4, 0.5) is 0 Å². The van der Waals surface area contributed by atoms with Gasteiger partial charge in [-0.25, -0.2) is 0 Å². The zero-order chi connectivity index (χ0) is 10.4. The van der Waals surface area contributed by atoms with Crippen molar-refractivity contribution in [1.29, 1.82) is 0 Å². The minimum absolute atomic E-state index is 0.347. The van der Waals surface area contributed by atoms with Gasteiger partial charge in [-0.2, -0.15) is 0 Å². The van der Waals surface area contributed by atoms with Gasteiger partial charge >= 0.3 is 0 Å². The van der Waals surface area contributed by atoms with Crippen LogP contribution in [0, 0.1) is 5.92 Å². The summed E-state index contributed by atoms with van der Waals surface area (Å²) in [6, 6.07) is 0. The Morgan fingerprint density at radius 2 is 1.85 bits per heavy atom. The van der Waals surface area contributed by atoms with E-state index in [1.165, 1.54) is 0 Å². The van der Waals surface area contributed by atoms with Crippen molar-refractivity contribution in [3.63, 3.8) is 0 Å². The quantitative estimate of drug-likeness (QED) is 0.653. The molecule has 0 unspecified atom stereocenters. The van der Waals surface area contributed by atoms with Crippen molar-refractivity contribution in [3.8, 4) is 0 Å². The van der Waals surface area contributed by atoms with Crippen LogP contribution >= 0.6 is 0 Å². The molecule has 1 amide bonds. The van der Waals surface area contributed by atoms with Gasteiger partial charge in [-0.15, -0.1) is 10.3 Å². The third-order valence-electron chi connectivity index (χ3n) is 2.97. The third-order valence-corrected chi connectivity index (χ3v) is 2.97. The lowest BCUT2D eigenvalue weighted by molar-refractivity contribution is -0.247. The van der Waals surface area contributed by atoms with Crippen molar-refractivity contribution in [2.24, 2.45) is 11.7 Å². The highest BCUT2D eigenvalue weighted by atomic mass is 16.5. The normalized spacial score (nSPS) is 31.9. The Kier molecular flexibility index (Phi) is 2.16. The summed E-state index contributed by atoms with van der Waals surface area (Å²) in [6.07, 6.45) is 0.541. The van der Waals surface area contributed by atoms with Crippen LogP contribution < -0.4 is 5.73 Å². The van der Waals surface area contributed by atoms with Gasteiger partial charge in [-0.05, 0) is 34.1 Å². The first-order valence-electron chi connectivity index (χ1n) is 4.46. The number of carbonyl (C=O) groups is 1. The number of amides is 1. The molecule has 1 heterocycles. The number of hydrogen-bond acceptors (Lipinski definition) is 2. The Bertz CT molecular complexity index is 236. The second kappa shape index (κ2) is 2.69. The Labute approximate surface area is 78.7 Å². The summed E-state index contributed by atoms with van der Waals surface area (Å²) in [4.78, 5) is 11.1. The van der Waals surface area contributed by atoms with Crippen LogP contribution in [0.1, 0.15) is 34.1 Å². The fraction of sp³-hybridized carbons (Fsp3) is 0.889. The van der Waals surface area contributed by atoms with Crippen molar-refractivity contribution < 1.29 is 10.0 Å². The molecule has 1 aliphatic rings. The van der Waals surface area contributed by atoms with Crippen LogP contribution in [0.3, 0.4) is 0 Å². The van der Waals surface area contributed by atoms with Gasteiger partial charge in [-0.1, -0.05) is 0 Å². The van der Waals surface area contributed by atoms with E-state index in [1.54, 1.807) is 13.8 Å². The van der Waals surface area contributed by atoms with Gasteiger partial charge in [0.15, 0.2) is 0 Å². The summed E-state index contributed by atoms with van der Waals surface area (Å²) in [5, 5.41) is 12.8. The van der Waals surface area contributed by atoms with Crippen molar-refractivity contribution in [2.45, 2.75) is 45.2 Å². The number of hydroxylamine groups is 2. The number of rotatable bonds is 1. The molecule has 75 valence electrons. The minimum atomic E-state index is -0.671. The van der Waals surface area contributed by atoms with Crippen molar-refractivity contribution in [3.05, 3.63) is 0 Å². The summed E-state index contributed by atoms with van der Waals surface area (Å²) >= 11 is 0. The molecule has 1 atom stereocenters. The standard InChI is InChI=1S/C9H17N2O2/c1-8(2)5-6(7(10)12)9(3,4)11(8)13/h6H,5H2,1-4H3,(H2,10,12)/t6-/m0/s1. The van der Waals surface area contributed by atoms with Crippen LogP contribution in [-0.2, 0) is 10.0 Å². The number of carbonyl (C=O) groups excluding carboxylic acids is 1. The van der Waals surface area contributed by atoms with Gasteiger partial charge in [0.2, 0.25) is 5.91 Å². The first kappa shape index (κ1) is 10.5. The predicted octanol–water partition coefficient (Wildman–Crippen LogP) is 0.696. The molecule has 1 radical (unpaired) electrons. The number of nitrogens with zero attached hydrogens (tertiary/aromatic N) is 1. The van der Waals surface area contributed by atoms with Crippen molar-refractivity contribution in [2.75, 3.05) is 0 Å². The summed E-state index contributed by atoms with van der Waals surface area (Å²) < 4.78 is 0. The Balaban J connectivity index is 3.00. The van der Waals surface area contributed by atoms with E-state index in [-0.39, 0.29) is 11.8 Å². The van der Waals surface area contributed by atoms with E-state index < -0.39 is 11.1 Å². The average Bonchev–Trinajstić information content (AvgIpc) is 2.11. The first-order chi connectivity index (χ1) is 5.69. The molecule has 1 rings (SSSR count). The molecule has 0 spiro atoms. The van der Waals surface area contributed by atoms with Gasteiger partial charge < -0.3 is 5.73 Å². The maximum Gasteiger partial charge on any atom is 0.222 e. The van der Waals surface area contributed by atoms with Crippen LogP contribution in [0.25, 0.3) is 0 Å². The maximum atomic E-state index is 11.8. The molecule has 2 N–H and O–H groups in total. The highest BCUT2D eigenvalue weighted by molar-refractivity contribution is 5.78. The van der Waals surface area contributed by atoms with Gasteiger partial charge in [-0.3, -0.25) is 4.79 Å². The molecule has 13 heavy (non-hydrogen) atoms. The van der Waals surface area contributed by atoms with E-state index in [1.807, 2.05) is 13.8 Å². The molecule has 1 fully saturated rings. The van der Waals surface area contributed by atoms with Crippen LogP contribution in [-0.4, -0.2) is 22.0 Å². The van der Waals surface area contributed by atoms with E-state index in [0.717, 1.165) is 5.06 Å². The van der Waals surface area contributed by atoms with Gasteiger partial charge in [0, 0.05) is 5.54 Å². The average molecular weight is 185 g/mol. The highest BCUT2D eigenvalue weighted by Gasteiger charge is 2.54. The van der Waals surface area contributed by atoms with Gasteiger partial charge in [0.05, 0.1) is 11.5 Å². The molecule has 0 aliphatic carbocycles. The number of hydrogen-bond donors (Lipinski definition) is 1. The molecule has 0 aromatic rings. The zero-order valence-corrected chi connectivity index (χ0v) is 8.63. The molecule has 0 bridgehead atoms. The van der Waals surface area contributed by atoms with E-state index in [2.05, 4.69) is 0 Å². The van der Waals surface area contributed by atoms with Crippen molar-refractivity contribution >= 4 is 5.91 Å². The minimum Gasteiger partial charge on any atom is -0.369 e. The van der Waals surface area contributed by atoms with Crippen LogP contribution in [0.15, 0.2) is 0 Å². The number of primary amides is 1. The lowest BCUT2D eigenvalue weighted by Crippen LogP contribution is -2.48. The van der Waals surface area contributed by atoms with Crippen molar-refractivity contribution in [1.82, 2.24) is 5.06 Å². The molecular weight excluding hydrogens is 168 g/mol. The van der Waals surface area contributed by atoms with Crippen LogP contribution in [0.2, 0.25) is 0 Å². The predicted molar refractivity (Wildman–Crippen MR) is 48.0 cm³/mol. The fourth-order valence-corrected chi connectivity index (χ4v) is 2.20. The molecule has 0 saturated carbocycles. The molecule has 4 nitrogen and oxygen atoms in total. The van der Waals surface area contributed by atoms with E-state index in [0.29, 0.717) is 6.42 Å². The largest absolute Gasteiger partial charge is 0.369 e. The second-order valence-electron chi connectivity index (χ2n) is 4.92. The lowest BCUT2D eigenvalue weighted by Gasteiger charge is -2.32. The van der Waals surface area contributed by atoms with Gasteiger partial charge in [0.25, 0.3) is 0 Å². The summed E-state index contributed by atoms with van der Waals surface area (Å²) in [5.41, 5.74) is 4.10. The molecule has 4 heteroatoms. The molecular formula is C9H17N2O2. The van der Waals surface area contributed by atoms with E-state index >= 15 is 0 Å². The Morgan fingerprint density at radius 1 is 1.38 bits per heavy atom. The van der Waals surface area contributed by atoms with Gasteiger partial charge in [0.1, 0.15) is 0 Å². The summed E-state index contributed by atoms with van der Waals surface area (Å²) in [5.74, 6) is -0.726. The molecule has 0 aromatic carbocycles. The SMILES string of the molecule is CC1(C)C[C@@H](C(N)=O)C(C)(C)N1[O]. The lowest BCUT2D eigenvalue weighted by atomic mass is 9.86. The summed E-state index contributed by atoms with van der Waals surface area (Å²) in [7, 11) is 0. The first-order valence-corrected chi connectivity index (χ1v) is 4.46. The topological polar surface area (TPSA) is 66.2 Å². The summed E-state index contributed by atoms with van der Waals surface area (Å²) in [6.45, 7) is 7.21. The van der Waals surface area contributed by atoms with E-state index in [4.69, 9.17) is 5.73 Å². The fourth-order valence-electron chi connectivity index (χ4n) is 2.20. The molecule has 1 aliphatic heterocycles. The monoisotopic (exact) mass is 185 g/mol. The van der Waals surface area contributed by atoms with Crippen LogP contribution in [0.5, 0.6) is 0 Å². The number of nitrogens with two attached hydrogens (primary N) is 1.